The summed E-state index contributed by atoms with van der Waals surface area (Å²) < 4.78 is 4.93. The van der Waals surface area contributed by atoms with E-state index in [1.807, 2.05) is 6.07 Å². The molecule has 0 saturated carbocycles. The Labute approximate surface area is 71.8 Å². The summed E-state index contributed by atoms with van der Waals surface area (Å²) in [5, 5.41) is 9.22. The number of hydrogen-bond donors (Lipinski definition) is 1. The molecule has 0 aliphatic heterocycles. The minimum atomic E-state index is -0.0592. The van der Waals surface area contributed by atoms with Gasteiger partial charge in [0.25, 0.3) is 0 Å². The molecule has 0 aromatic heterocycles. The zero-order valence-corrected chi connectivity index (χ0v) is 7.51. The van der Waals surface area contributed by atoms with E-state index < -0.39 is 0 Å². The summed E-state index contributed by atoms with van der Waals surface area (Å²) in [4.78, 5) is 0. The molecule has 1 atom stereocenters. The molecule has 4 heteroatoms. The van der Waals surface area contributed by atoms with E-state index in [-0.39, 0.29) is 13.9 Å². The molecule has 0 heterocycles. The first-order valence-corrected chi connectivity index (χ1v) is 5.01. The first-order valence-electron chi connectivity index (χ1n) is 3.09. The molecule has 0 fully saturated rings. The molecule has 1 N–H and O–H groups in total. The van der Waals surface area contributed by atoms with Crippen LogP contribution < -0.4 is 0 Å². The van der Waals surface area contributed by atoms with Crippen molar-refractivity contribution in [3.63, 3.8) is 0 Å². The highest BCUT2D eigenvalue weighted by atomic mass is 35.7. The van der Waals surface area contributed by atoms with Crippen molar-refractivity contribution in [1.82, 2.24) is 0 Å². The summed E-state index contributed by atoms with van der Waals surface area (Å²) >= 11 is 5.33. The quantitative estimate of drug-likeness (QED) is 0.743. The molecule has 0 spiro atoms. The lowest BCUT2D eigenvalue weighted by Gasteiger charge is -2.01. The van der Waals surface area contributed by atoms with Gasteiger partial charge in [-0.05, 0) is 6.07 Å². The van der Waals surface area contributed by atoms with E-state index in [9.17, 15) is 5.11 Å². The SMILES string of the molecule is Oc1ccccc1COPCl. The Kier molecular flexibility index (Phi) is 3.64. The number of hydrogen-bond acceptors (Lipinski definition) is 2. The van der Waals surface area contributed by atoms with Gasteiger partial charge in [0.05, 0.1) is 6.61 Å². The first-order chi connectivity index (χ1) is 5.34. The Morgan fingerprint density at radius 1 is 1.45 bits per heavy atom. The van der Waals surface area contributed by atoms with Crippen molar-refractivity contribution in [3.05, 3.63) is 29.8 Å². The smallest absolute Gasteiger partial charge is 0.121 e. The van der Waals surface area contributed by atoms with E-state index in [4.69, 9.17) is 15.8 Å². The van der Waals surface area contributed by atoms with Gasteiger partial charge in [0.15, 0.2) is 0 Å². The van der Waals surface area contributed by atoms with Gasteiger partial charge < -0.3 is 9.63 Å². The van der Waals surface area contributed by atoms with Crippen molar-refractivity contribution in [2.45, 2.75) is 6.61 Å². The van der Waals surface area contributed by atoms with Crippen molar-refractivity contribution in [1.29, 1.82) is 0 Å². The molecule has 2 nitrogen and oxygen atoms in total. The molecule has 0 bridgehead atoms. The van der Waals surface area contributed by atoms with Crippen LogP contribution in [0, 0.1) is 0 Å². The van der Waals surface area contributed by atoms with E-state index in [2.05, 4.69) is 0 Å². The number of benzene rings is 1. The van der Waals surface area contributed by atoms with E-state index in [1.165, 1.54) is 0 Å². The largest absolute Gasteiger partial charge is 0.508 e. The van der Waals surface area contributed by atoms with Crippen LogP contribution in [0.25, 0.3) is 0 Å². The predicted molar refractivity (Wildman–Crippen MR) is 47.1 cm³/mol. The summed E-state index contributed by atoms with van der Waals surface area (Å²) in [7, 11) is -0.0592. The Hall–Kier alpha value is -0.300. The summed E-state index contributed by atoms with van der Waals surface area (Å²) in [6, 6.07) is 7.03. The average molecular weight is 191 g/mol. The molecule has 11 heavy (non-hydrogen) atoms. The minimum absolute atomic E-state index is 0.0592. The molecule has 1 unspecified atom stereocenters. The van der Waals surface area contributed by atoms with Crippen molar-refractivity contribution < 1.29 is 9.63 Å². The highest BCUT2D eigenvalue weighted by Gasteiger charge is 1.97. The average Bonchev–Trinajstić information content (AvgIpc) is 2.03. The zero-order valence-electron chi connectivity index (χ0n) is 5.75. The van der Waals surface area contributed by atoms with Gasteiger partial charge in [-0.15, -0.1) is 0 Å². The predicted octanol–water partition coefficient (Wildman–Crippen LogP) is 2.66. The van der Waals surface area contributed by atoms with Crippen LogP contribution in [0.15, 0.2) is 24.3 Å². The summed E-state index contributed by atoms with van der Waals surface area (Å²) in [5.41, 5.74) is 0.764. The maximum absolute atomic E-state index is 9.22. The summed E-state index contributed by atoms with van der Waals surface area (Å²) in [6.45, 7) is 0.370. The second-order valence-corrected chi connectivity index (χ2v) is 2.90. The maximum atomic E-state index is 9.22. The Morgan fingerprint density at radius 3 is 2.82 bits per heavy atom. The second kappa shape index (κ2) is 4.55. The third kappa shape index (κ3) is 2.66. The molecule has 1 rings (SSSR count). The fourth-order valence-corrected chi connectivity index (χ4v) is 1.11. The molecule has 0 aliphatic carbocycles. The zero-order chi connectivity index (χ0) is 8.10. The minimum Gasteiger partial charge on any atom is -0.508 e. The van der Waals surface area contributed by atoms with E-state index in [0.717, 1.165) is 5.56 Å². The number of phenolic OH excluding ortho intramolecular Hbond substituents is 1. The highest BCUT2D eigenvalue weighted by molar-refractivity contribution is 7.64. The number of phenols is 1. The second-order valence-electron chi connectivity index (χ2n) is 1.99. The molecule has 0 aliphatic rings. The monoisotopic (exact) mass is 190 g/mol. The molecule has 60 valence electrons. The molecule has 1 aromatic carbocycles. The molecule has 0 saturated heterocycles. The van der Waals surface area contributed by atoms with Gasteiger partial charge in [0.2, 0.25) is 0 Å². The third-order valence-corrected chi connectivity index (χ3v) is 1.85. The summed E-state index contributed by atoms with van der Waals surface area (Å²) in [6.07, 6.45) is 0. The van der Waals surface area contributed by atoms with Crippen molar-refractivity contribution in [3.8, 4) is 5.75 Å². The van der Waals surface area contributed by atoms with Crippen LogP contribution >= 0.6 is 19.4 Å². The van der Waals surface area contributed by atoms with Crippen LogP contribution in [0.2, 0.25) is 0 Å². The van der Waals surface area contributed by atoms with Gasteiger partial charge in [-0.2, -0.15) is 0 Å². The maximum Gasteiger partial charge on any atom is 0.121 e. The molecule has 1 aromatic rings. The number of para-hydroxylation sites is 1. The molecule has 0 amide bonds. The van der Waals surface area contributed by atoms with Crippen LogP contribution in [-0.2, 0) is 11.1 Å². The standard InChI is InChI=1S/C7H8ClO2P/c8-11-10-5-6-3-1-2-4-7(6)9/h1-4,9,11H,5H2. The Bertz CT molecular complexity index is 229. The van der Waals surface area contributed by atoms with Crippen LogP contribution in [0.1, 0.15) is 5.56 Å². The van der Waals surface area contributed by atoms with Crippen molar-refractivity contribution in [2.24, 2.45) is 0 Å². The van der Waals surface area contributed by atoms with Crippen LogP contribution in [0.5, 0.6) is 5.75 Å². The lowest BCUT2D eigenvalue weighted by atomic mass is 10.2. The van der Waals surface area contributed by atoms with Gasteiger partial charge in [-0.25, -0.2) is 0 Å². The fraction of sp³-hybridized carbons (Fsp3) is 0.143. The van der Waals surface area contributed by atoms with Gasteiger partial charge in [0.1, 0.15) is 13.9 Å². The van der Waals surface area contributed by atoms with Gasteiger partial charge in [-0.3, -0.25) is 0 Å². The highest BCUT2D eigenvalue weighted by Crippen LogP contribution is 2.23. The van der Waals surface area contributed by atoms with Crippen LogP contribution in [-0.4, -0.2) is 5.11 Å². The normalized spacial score (nSPS) is 11.0. The van der Waals surface area contributed by atoms with E-state index >= 15 is 0 Å². The van der Waals surface area contributed by atoms with Gasteiger partial charge in [0, 0.05) is 5.56 Å². The fourth-order valence-electron chi connectivity index (χ4n) is 0.738. The van der Waals surface area contributed by atoms with E-state index in [1.54, 1.807) is 18.2 Å². The molecule has 0 radical (unpaired) electrons. The van der Waals surface area contributed by atoms with Gasteiger partial charge >= 0.3 is 0 Å². The molecular weight excluding hydrogens is 183 g/mol. The number of halogens is 1. The third-order valence-electron chi connectivity index (χ3n) is 1.27. The number of rotatable bonds is 3. The lowest BCUT2D eigenvalue weighted by Crippen LogP contribution is -1.83. The topological polar surface area (TPSA) is 29.5 Å². The Balaban J connectivity index is 2.62. The Morgan fingerprint density at radius 2 is 2.18 bits per heavy atom. The van der Waals surface area contributed by atoms with Crippen LogP contribution in [0.4, 0.5) is 0 Å². The molecular formula is C7H8ClO2P. The van der Waals surface area contributed by atoms with Crippen molar-refractivity contribution in [2.75, 3.05) is 0 Å². The van der Waals surface area contributed by atoms with Gasteiger partial charge in [-0.1, -0.05) is 29.4 Å². The van der Waals surface area contributed by atoms with Crippen molar-refractivity contribution >= 4 is 19.4 Å². The van der Waals surface area contributed by atoms with E-state index in [0.29, 0.717) is 6.61 Å². The summed E-state index contributed by atoms with van der Waals surface area (Å²) in [5.74, 6) is 0.252. The first kappa shape index (κ1) is 8.79. The van der Waals surface area contributed by atoms with Crippen LogP contribution in [0.3, 0.4) is 0 Å². The number of aromatic hydroxyl groups is 1. The lowest BCUT2D eigenvalue weighted by molar-refractivity contribution is 0.346.